The summed E-state index contributed by atoms with van der Waals surface area (Å²) in [4.78, 5) is 12.9. The Bertz CT molecular complexity index is 463. The Morgan fingerprint density at radius 2 is 2.16 bits per heavy atom. The minimum Gasteiger partial charge on any atom is -0.351 e. The molecule has 0 radical (unpaired) electrons. The van der Waals surface area contributed by atoms with Gasteiger partial charge in [-0.3, -0.25) is 4.79 Å². The van der Waals surface area contributed by atoms with E-state index in [-0.39, 0.29) is 16.7 Å². The normalized spacial score (nSPS) is 17.3. The van der Waals surface area contributed by atoms with Gasteiger partial charge in [0.1, 0.15) is 4.88 Å². The first kappa shape index (κ1) is 14.7. The van der Waals surface area contributed by atoms with Crippen molar-refractivity contribution < 1.29 is 4.79 Å². The highest BCUT2D eigenvalue weighted by Crippen LogP contribution is 2.48. The van der Waals surface area contributed by atoms with E-state index in [2.05, 4.69) is 14.9 Å². The fourth-order valence-corrected chi connectivity index (χ4v) is 3.26. The van der Waals surface area contributed by atoms with Gasteiger partial charge in [-0.2, -0.15) is 0 Å². The molecule has 19 heavy (non-hydrogen) atoms. The number of hydrogen-bond acceptors (Lipinski definition) is 4. The third kappa shape index (κ3) is 3.45. The number of carbonyl (C=O) groups is 1. The van der Waals surface area contributed by atoms with E-state index in [1.807, 2.05) is 20.8 Å². The average Bonchev–Trinajstić information content (AvgIpc) is 2.91. The number of nitrogens with zero attached hydrogens (tertiary/aromatic N) is 2. The van der Waals surface area contributed by atoms with Gasteiger partial charge in [0.05, 0.1) is 5.69 Å². The molecule has 4 nitrogen and oxygen atoms in total. The van der Waals surface area contributed by atoms with Crippen LogP contribution < -0.4 is 5.32 Å². The number of aromatic nitrogens is 2. The van der Waals surface area contributed by atoms with Crippen LogP contribution in [0.5, 0.6) is 0 Å². The summed E-state index contributed by atoms with van der Waals surface area (Å²) in [6.45, 7) is 6.82. The topological polar surface area (TPSA) is 54.9 Å². The molecular weight excluding hydrogens is 282 g/mol. The van der Waals surface area contributed by atoms with Gasteiger partial charge < -0.3 is 5.32 Å². The lowest BCUT2D eigenvalue weighted by molar-refractivity contribution is 0.0946. The summed E-state index contributed by atoms with van der Waals surface area (Å²) < 4.78 is 3.92. The first-order valence-corrected chi connectivity index (χ1v) is 7.86. The molecule has 1 fully saturated rings. The van der Waals surface area contributed by atoms with Crippen molar-refractivity contribution in [1.82, 2.24) is 14.9 Å². The van der Waals surface area contributed by atoms with Crippen LogP contribution in [-0.2, 0) is 5.41 Å². The van der Waals surface area contributed by atoms with E-state index in [0.29, 0.717) is 17.3 Å². The molecule has 1 aromatic heterocycles. The molecule has 1 N–H and O–H groups in total. The summed E-state index contributed by atoms with van der Waals surface area (Å²) in [5.74, 6) is 0.603. The van der Waals surface area contributed by atoms with Crippen molar-refractivity contribution in [3.05, 3.63) is 10.6 Å². The number of halogens is 1. The Balaban J connectivity index is 1.99. The van der Waals surface area contributed by atoms with Gasteiger partial charge in [0.25, 0.3) is 5.91 Å². The second-order valence-electron chi connectivity index (χ2n) is 6.32. The maximum Gasteiger partial charge on any atom is 0.264 e. The molecule has 0 unspecified atom stereocenters. The number of amides is 1. The minimum absolute atomic E-state index is 0.0548. The number of alkyl halides is 1. The first-order chi connectivity index (χ1) is 8.88. The highest BCUT2D eigenvalue weighted by atomic mass is 35.5. The van der Waals surface area contributed by atoms with Crippen molar-refractivity contribution >= 4 is 29.0 Å². The summed E-state index contributed by atoms with van der Waals surface area (Å²) >= 11 is 6.96. The van der Waals surface area contributed by atoms with Crippen LogP contribution in [0.4, 0.5) is 0 Å². The van der Waals surface area contributed by atoms with E-state index < -0.39 is 0 Å². The molecule has 1 saturated carbocycles. The molecule has 0 aliphatic heterocycles. The fourth-order valence-electron chi connectivity index (χ4n) is 2.07. The van der Waals surface area contributed by atoms with Gasteiger partial charge in [-0.1, -0.05) is 25.3 Å². The van der Waals surface area contributed by atoms with Crippen molar-refractivity contribution in [3.63, 3.8) is 0 Å². The predicted molar refractivity (Wildman–Crippen MR) is 77.9 cm³/mol. The third-order valence-electron chi connectivity index (χ3n) is 3.61. The van der Waals surface area contributed by atoms with Crippen LogP contribution in [0, 0.1) is 5.41 Å². The van der Waals surface area contributed by atoms with Crippen LogP contribution in [0.1, 0.15) is 55.4 Å². The number of rotatable bonds is 5. The van der Waals surface area contributed by atoms with Crippen molar-refractivity contribution in [2.24, 2.45) is 5.41 Å². The summed E-state index contributed by atoms with van der Waals surface area (Å²) in [6.07, 6.45) is 3.29. The van der Waals surface area contributed by atoms with Gasteiger partial charge in [0.2, 0.25) is 0 Å². The van der Waals surface area contributed by atoms with Crippen LogP contribution in [0.15, 0.2) is 0 Å². The second kappa shape index (κ2) is 5.37. The summed E-state index contributed by atoms with van der Waals surface area (Å²) in [5, 5.41) is 7.11. The third-order valence-corrected chi connectivity index (χ3v) is 4.52. The van der Waals surface area contributed by atoms with Gasteiger partial charge >= 0.3 is 0 Å². The Morgan fingerprint density at radius 3 is 2.68 bits per heavy atom. The fraction of sp³-hybridized carbons (Fsp3) is 0.769. The lowest BCUT2D eigenvalue weighted by Gasteiger charge is -2.17. The molecule has 0 saturated heterocycles. The van der Waals surface area contributed by atoms with Crippen molar-refractivity contribution in [2.45, 2.75) is 45.4 Å². The lowest BCUT2D eigenvalue weighted by atomic mass is 9.91. The lowest BCUT2D eigenvalue weighted by Crippen LogP contribution is -2.31. The van der Waals surface area contributed by atoms with Crippen LogP contribution in [0.3, 0.4) is 0 Å². The molecule has 1 amide bonds. The van der Waals surface area contributed by atoms with Gasteiger partial charge in [0.15, 0.2) is 0 Å². The minimum atomic E-state index is -0.160. The summed E-state index contributed by atoms with van der Waals surface area (Å²) in [5.41, 5.74) is 0.863. The number of nitrogens with one attached hydrogen (secondary N) is 1. The maximum absolute atomic E-state index is 12.2. The van der Waals surface area contributed by atoms with E-state index in [4.69, 9.17) is 11.6 Å². The highest BCUT2D eigenvalue weighted by Gasteiger charge is 2.42. The Kier molecular flexibility index (Phi) is 4.16. The van der Waals surface area contributed by atoms with Crippen molar-refractivity contribution in [1.29, 1.82) is 0 Å². The monoisotopic (exact) mass is 301 g/mol. The standard InChI is InChI=1S/C13H20ClN3OS/c1-12(2,3)10-9(19-17-16-10)11(18)15-8-13(4-5-13)6-7-14/h4-8H2,1-3H3,(H,15,18). The second-order valence-corrected chi connectivity index (χ2v) is 7.45. The van der Waals surface area contributed by atoms with Gasteiger partial charge in [-0.25, -0.2) is 0 Å². The van der Waals surface area contributed by atoms with Crippen LogP contribution in [-0.4, -0.2) is 27.9 Å². The Hall–Kier alpha value is -0.680. The zero-order chi connectivity index (χ0) is 14.1. The van der Waals surface area contributed by atoms with Crippen molar-refractivity contribution in [2.75, 3.05) is 12.4 Å². The number of hydrogen-bond donors (Lipinski definition) is 1. The van der Waals surface area contributed by atoms with Gasteiger partial charge in [0, 0.05) is 17.8 Å². The summed E-state index contributed by atoms with van der Waals surface area (Å²) in [7, 11) is 0. The van der Waals surface area contributed by atoms with Crippen LogP contribution in [0.2, 0.25) is 0 Å². The molecule has 0 aromatic carbocycles. The van der Waals surface area contributed by atoms with E-state index in [1.54, 1.807) is 0 Å². The van der Waals surface area contributed by atoms with Crippen LogP contribution >= 0.6 is 23.1 Å². The SMILES string of the molecule is CC(C)(C)c1nnsc1C(=O)NCC1(CCCl)CC1. The Morgan fingerprint density at radius 1 is 1.47 bits per heavy atom. The smallest absolute Gasteiger partial charge is 0.264 e. The van der Waals surface area contributed by atoms with Gasteiger partial charge in [-0.15, -0.1) is 16.7 Å². The quantitative estimate of drug-likeness (QED) is 0.851. The molecule has 1 heterocycles. The summed E-state index contributed by atoms with van der Waals surface area (Å²) in [6, 6.07) is 0. The van der Waals surface area contributed by atoms with Crippen LogP contribution in [0.25, 0.3) is 0 Å². The molecule has 0 spiro atoms. The first-order valence-electron chi connectivity index (χ1n) is 6.55. The zero-order valence-electron chi connectivity index (χ0n) is 11.6. The molecule has 0 bridgehead atoms. The molecule has 2 rings (SSSR count). The number of carbonyl (C=O) groups excluding carboxylic acids is 1. The molecule has 0 atom stereocenters. The van der Waals surface area contributed by atoms with Crippen molar-refractivity contribution in [3.8, 4) is 0 Å². The zero-order valence-corrected chi connectivity index (χ0v) is 13.2. The van der Waals surface area contributed by atoms with E-state index in [0.717, 1.165) is 25.0 Å². The molecule has 106 valence electrons. The highest BCUT2D eigenvalue weighted by molar-refractivity contribution is 7.08. The average molecular weight is 302 g/mol. The molecule has 1 aliphatic carbocycles. The molecule has 1 aliphatic rings. The molecule has 6 heteroatoms. The maximum atomic E-state index is 12.2. The molecular formula is C13H20ClN3OS. The van der Waals surface area contributed by atoms with E-state index in [9.17, 15) is 4.79 Å². The Labute approximate surface area is 123 Å². The molecule has 1 aromatic rings. The largest absolute Gasteiger partial charge is 0.351 e. The van der Waals surface area contributed by atoms with E-state index in [1.165, 1.54) is 11.5 Å². The van der Waals surface area contributed by atoms with Gasteiger partial charge in [-0.05, 0) is 36.2 Å². The predicted octanol–water partition coefficient (Wildman–Crippen LogP) is 2.97. The van der Waals surface area contributed by atoms with E-state index >= 15 is 0 Å².